The number of likely N-dealkylation sites (N-methyl/N-ethyl adjacent to an activating group) is 1. The smallest absolute Gasteiger partial charge is 0.326 e. The molecule has 2 saturated heterocycles. The number of aliphatic carboxylic acids is 1. The molecule has 3 fully saturated rings. The van der Waals surface area contributed by atoms with Gasteiger partial charge in [-0.25, -0.2) is 13.2 Å². The molecule has 13 heteroatoms. The molecule has 4 rings (SSSR count). The fourth-order valence-electron chi connectivity index (χ4n) is 6.48. The number of nitrogens with one attached hydrogen (secondary N) is 4. The van der Waals surface area contributed by atoms with Crippen LogP contribution in [0.25, 0.3) is 0 Å². The van der Waals surface area contributed by atoms with Crippen molar-refractivity contribution in [1.82, 2.24) is 25.6 Å². The monoisotopic (exact) mass is 605 g/mol. The van der Waals surface area contributed by atoms with Crippen LogP contribution < -0.4 is 21.3 Å². The normalized spacial score (nSPS) is 25.2. The molecule has 1 aromatic carbocycles. The predicted molar refractivity (Wildman–Crippen MR) is 156 cm³/mol. The number of carboxylic acid groups (broad SMARTS) is 1. The summed E-state index contributed by atoms with van der Waals surface area (Å²) in [6.07, 6.45) is 4.90. The lowest BCUT2D eigenvalue weighted by Crippen LogP contribution is -2.55. The molecule has 0 aromatic heterocycles. The van der Waals surface area contributed by atoms with E-state index in [1.807, 2.05) is 6.07 Å². The third-order valence-corrected chi connectivity index (χ3v) is 10.7. The van der Waals surface area contributed by atoms with Crippen LogP contribution in [0.5, 0.6) is 0 Å². The van der Waals surface area contributed by atoms with E-state index in [0.717, 1.165) is 37.7 Å². The van der Waals surface area contributed by atoms with E-state index < -0.39 is 63.5 Å². The van der Waals surface area contributed by atoms with Crippen LogP contribution >= 0.6 is 0 Å². The number of carboxylic acids is 1. The number of fused-ring (bicyclic) bond motifs is 1. The number of carbonyl (C=O) groups excluding carboxylic acids is 3. The van der Waals surface area contributed by atoms with Crippen molar-refractivity contribution in [2.45, 2.75) is 82.1 Å². The Balaban J connectivity index is 1.47. The van der Waals surface area contributed by atoms with Crippen molar-refractivity contribution < 1.29 is 32.7 Å². The van der Waals surface area contributed by atoms with E-state index in [1.54, 1.807) is 38.2 Å². The lowest BCUT2D eigenvalue weighted by Gasteiger charge is -2.32. The van der Waals surface area contributed by atoms with Crippen LogP contribution in [0.1, 0.15) is 51.0 Å². The zero-order valence-electron chi connectivity index (χ0n) is 24.3. The maximum absolute atomic E-state index is 13.7. The van der Waals surface area contributed by atoms with E-state index in [-0.39, 0.29) is 37.4 Å². The minimum Gasteiger partial charge on any atom is -0.480 e. The standard InChI is InChI=1S/C29H43N5O7S/c1-18(30-2)27(36)33-25(20-11-7-4-8-12-20)24(35)17-42(40,41)34-14-13-22-26(34)21(16-31-22)28(37)32-23(29(38)39)15-19-9-5-3-6-10-19/h3,5-6,9-10,18,20-23,25-26,30-31H,4,7-8,11-17H2,1-2H3,(H,32,37)(H,33,36)(H,38,39). The number of ketones is 1. The number of hydrogen-bond donors (Lipinski definition) is 5. The molecule has 12 nitrogen and oxygen atoms in total. The summed E-state index contributed by atoms with van der Waals surface area (Å²) in [5, 5.41) is 21.2. The van der Waals surface area contributed by atoms with E-state index in [4.69, 9.17) is 0 Å². The number of sulfonamides is 1. The summed E-state index contributed by atoms with van der Waals surface area (Å²) in [7, 11) is -2.50. The molecule has 42 heavy (non-hydrogen) atoms. The number of rotatable bonds is 13. The van der Waals surface area contributed by atoms with Gasteiger partial charge in [0.05, 0.1) is 24.0 Å². The predicted octanol–water partition coefficient (Wildman–Crippen LogP) is 0.0327. The Bertz CT molecular complexity index is 1240. The maximum atomic E-state index is 13.7. The van der Waals surface area contributed by atoms with E-state index in [9.17, 15) is 32.7 Å². The van der Waals surface area contributed by atoms with Crippen LogP contribution in [-0.4, -0.2) is 97.5 Å². The molecule has 2 heterocycles. The molecule has 2 aliphatic heterocycles. The summed E-state index contributed by atoms with van der Waals surface area (Å²) >= 11 is 0. The molecular weight excluding hydrogens is 562 g/mol. The lowest BCUT2D eigenvalue weighted by molar-refractivity contribution is -0.142. The highest BCUT2D eigenvalue weighted by molar-refractivity contribution is 7.89. The molecule has 232 valence electrons. The molecule has 6 unspecified atom stereocenters. The quantitative estimate of drug-likeness (QED) is 0.208. The molecule has 0 spiro atoms. The van der Waals surface area contributed by atoms with Crippen LogP contribution in [0.3, 0.4) is 0 Å². The summed E-state index contributed by atoms with van der Waals surface area (Å²) in [5.74, 6) is -4.36. The van der Waals surface area contributed by atoms with Crippen molar-refractivity contribution >= 4 is 33.6 Å². The molecular formula is C29H43N5O7S. The zero-order chi connectivity index (χ0) is 30.4. The van der Waals surface area contributed by atoms with Crippen molar-refractivity contribution in [3.63, 3.8) is 0 Å². The van der Waals surface area contributed by atoms with Gasteiger partial charge in [-0.2, -0.15) is 4.31 Å². The Morgan fingerprint density at radius 1 is 1.05 bits per heavy atom. The number of carbonyl (C=O) groups is 4. The Labute approximate surface area is 247 Å². The number of benzene rings is 1. The molecule has 5 N–H and O–H groups in total. The minimum atomic E-state index is -4.14. The van der Waals surface area contributed by atoms with Gasteiger partial charge in [0, 0.05) is 25.6 Å². The van der Waals surface area contributed by atoms with Crippen molar-refractivity contribution in [3.8, 4) is 0 Å². The van der Waals surface area contributed by atoms with E-state index in [0.29, 0.717) is 6.42 Å². The van der Waals surface area contributed by atoms with E-state index in [2.05, 4.69) is 21.3 Å². The first kappa shape index (κ1) is 32.1. The third-order valence-electron chi connectivity index (χ3n) is 8.93. The number of Topliss-reactive ketones (excluding diaryl/α,β-unsaturated/α-hetero) is 1. The van der Waals surface area contributed by atoms with Gasteiger partial charge in [0.2, 0.25) is 21.8 Å². The van der Waals surface area contributed by atoms with Gasteiger partial charge in [0.15, 0.2) is 5.78 Å². The van der Waals surface area contributed by atoms with Gasteiger partial charge in [-0.05, 0) is 44.7 Å². The SMILES string of the molecule is CNC(C)C(=O)NC(C(=O)CS(=O)(=O)N1CCC2NCC(C(=O)NC(Cc3ccccc3)C(=O)O)C21)C1CCCCC1. The van der Waals surface area contributed by atoms with Gasteiger partial charge in [-0.1, -0.05) is 49.6 Å². The first-order valence-corrected chi connectivity index (χ1v) is 16.4. The van der Waals surface area contributed by atoms with Crippen molar-refractivity contribution in [3.05, 3.63) is 35.9 Å². The Morgan fingerprint density at radius 2 is 1.74 bits per heavy atom. The Morgan fingerprint density at radius 3 is 2.38 bits per heavy atom. The van der Waals surface area contributed by atoms with Gasteiger partial charge < -0.3 is 26.4 Å². The van der Waals surface area contributed by atoms with Crippen LogP contribution in [0.15, 0.2) is 30.3 Å². The highest BCUT2D eigenvalue weighted by Gasteiger charge is 2.52. The van der Waals surface area contributed by atoms with Gasteiger partial charge in [-0.15, -0.1) is 0 Å². The van der Waals surface area contributed by atoms with Crippen molar-refractivity contribution in [2.75, 3.05) is 25.9 Å². The largest absolute Gasteiger partial charge is 0.480 e. The number of amides is 2. The fourth-order valence-corrected chi connectivity index (χ4v) is 8.23. The Kier molecular flexibility index (Phi) is 10.7. The van der Waals surface area contributed by atoms with Crippen LogP contribution in [0.4, 0.5) is 0 Å². The fraction of sp³-hybridized carbons (Fsp3) is 0.655. The van der Waals surface area contributed by atoms with E-state index in [1.165, 1.54) is 4.31 Å². The van der Waals surface area contributed by atoms with Crippen molar-refractivity contribution in [1.29, 1.82) is 0 Å². The third kappa shape index (κ3) is 7.55. The molecule has 0 bridgehead atoms. The lowest BCUT2D eigenvalue weighted by atomic mass is 9.82. The summed E-state index contributed by atoms with van der Waals surface area (Å²) in [6, 6.07) is 5.31. The molecule has 1 saturated carbocycles. The molecule has 3 aliphatic rings. The molecule has 6 atom stereocenters. The second kappa shape index (κ2) is 14.1. The maximum Gasteiger partial charge on any atom is 0.326 e. The van der Waals surface area contributed by atoms with Gasteiger partial charge >= 0.3 is 5.97 Å². The summed E-state index contributed by atoms with van der Waals surface area (Å²) in [4.78, 5) is 51.6. The summed E-state index contributed by atoms with van der Waals surface area (Å²) in [6.45, 7) is 2.01. The van der Waals surface area contributed by atoms with Gasteiger partial charge in [0.1, 0.15) is 11.8 Å². The molecule has 0 radical (unpaired) electrons. The molecule has 2 amide bonds. The topological polar surface area (TPSA) is 174 Å². The second-order valence-corrected chi connectivity index (χ2v) is 13.6. The number of hydrogen-bond acceptors (Lipinski definition) is 8. The van der Waals surface area contributed by atoms with Gasteiger partial charge in [0.25, 0.3) is 0 Å². The summed E-state index contributed by atoms with van der Waals surface area (Å²) < 4.78 is 28.7. The Hall–Kier alpha value is -2.87. The van der Waals surface area contributed by atoms with Gasteiger partial charge in [-0.3, -0.25) is 14.4 Å². The zero-order valence-corrected chi connectivity index (χ0v) is 25.1. The summed E-state index contributed by atoms with van der Waals surface area (Å²) in [5.41, 5.74) is 0.750. The van der Waals surface area contributed by atoms with E-state index >= 15 is 0 Å². The van der Waals surface area contributed by atoms with Crippen LogP contribution in [-0.2, 0) is 35.6 Å². The second-order valence-electron chi connectivity index (χ2n) is 11.7. The first-order chi connectivity index (χ1) is 20.0. The average Bonchev–Trinajstić information content (AvgIpc) is 3.58. The average molecular weight is 606 g/mol. The highest BCUT2D eigenvalue weighted by Crippen LogP contribution is 2.33. The molecule has 1 aliphatic carbocycles. The number of nitrogens with zero attached hydrogens (tertiary/aromatic N) is 1. The highest BCUT2D eigenvalue weighted by atomic mass is 32.2. The minimum absolute atomic E-state index is 0.0904. The van der Waals surface area contributed by atoms with Crippen LogP contribution in [0, 0.1) is 11.8 Å². The van der Waals surface area contributed by atoms with Crippen molar-refractivity contribution in [2.24, 2.45) is 11.8 Å². The first-order valence-electron chi connectivity index (χ1n) is 14.8. The van der Waals surface area contributed by atoms with Crippen LogP contribution in [0.2, 0.25) is 0 Å². The molecule has 1 aromatic rings.